The van der Waals surface area contributed by atoms with E-state index in [2.05, 4.69) is 0 Å². The number of nitrogens with two attached hydrogens (primary N) is 1. The van der Waals surface area contributed by atoms with Crippen molar-refractivity contribution >= 4 is 0 Å². The molecule has 90 valence electrons. The number of ether oxygens (including phenoxy) is 1. The van der Waals surface area contributed by atoms with Gasteiger partial charge in [0.05, 0.1) is 18.4 Å². The van der Waals surface area contributed by atoms with Gasteiger partial charge in [0.1, 0.15) is 5.76 Å². The van der Waals surface area contributed by atoms with Crippen LogP contribution < -0.4 is 5.73 Å². The number of hydrogen-bond acceptors (Lipinski definition) is 3. The van der Waals surface area contributed by atoms with Crippen molar-refractivity contribution in [3.63, 3.8) is 0 Å². The van der Waals surface area contributed by atoms with E-state index in [1.54, 1.807) is 6.26 Å². The lowest BCUT2D eigenvalue weighted by molar-refractivity contribution is 0.101. The first kappa shape index (κ1) is 11.7. The highest BCUT2D eigenvalue weighted by Gasteiger charge is 2.17. The molecule has 1 fully saturated rings. The SMILES string of the molecule is Cc1ccoc1C(N)CCCC1CCCO1. The minimum absolute atomic E-state index is 0.0383. The normalized spacial score (nSPS) is 22.5. The molecule has 2 atom stereocenters. The van der Waals surface area contributed by atoms with Gasteiger partial charge in [-0.3, -0.25) is 0 Å². The summed E-state index contributed by atoms with van der Waals surface area (Å²) in [5.74, 6) is 0.937. The number of rotatable bonds is 5. The van der Waals surface area contributed by atoms with Gasteiger partial charge in [0, 0.05) is 6.61 Å². The minimum Gasteiger partial charge on any atom is -0.467 e. The van der Waals surface area contributed by atoms with Gasteiger partial charge in [-0.2, -0.15) is 0 Å². The van der Waals surface area contributed by atoms with Crippen molar-refractivity contribution < 1.29 is 9.15 Å². The molecule has 2 rings (SSSR count). The van der Waals surface area contributed by atoms with E-state index >= 15 is 0 Å². The molecule has 0 saturated carbocycles. The zero-order valence-electron chi connectivity index (χ0n) is 9.95. The third kappa shape index (κ3) is 2.86. The lowest BCUT2D eigenvalue weighted by Gasteiger charge is -2.12. The molecule has 16 heavy (non-hydrogen) atoms. The van der Waals surface area contributed by atoms with E-state index < -0.39 is 0 Å². The van der Waals surface area contributed by atoms with Crippen LogP contribution in [0.1, 0.15) is 49.5 Å². The second kappa shape index (κ2) is 5.51. The highest BCUT2D eigenvalue weighted by molar-refractivity contribution is 5.17. The molecule has 2 unspecified atom stereocenters. The summed E-state index contributed by atoms with van der Waals surface area (Å²) in [5.41, 5.74) is 7.25. The fraction of sp³-hybridized carbons (Fsp3) is 0.692. The number of hydrogen-bond donors (Lipinski definition) is 1. The Balaban J connectivity index is 1.71. The van der Waals surface area contributed by atoms with Gasteiger partial charge < -0.3 is 14.9 Å². The van der Waals surface area contributed by atoms with Crippen LogP contribution in [0.25, 0.3) is 0 Å². The molecule has 0 aromatic carbocycles. The van der Waals surface area contributed by atoms with Crippen LogP contribution >= 0.6 is 0 Å². The van der Waals surface area contributed by atoms with E-state index in [4.69, 9.17) is 14.9 Å². The van der Waals surface area contributed by atoms with Gasteiger partial charge in [-0.15, -0.1) is 0 Å². The van der Waals surface area contributed by atoms with E-state index in [1.165, 1.54) is 12.8 Å². The van der Waals surface area contributed by atoms with Crippen LogP contribution in [-0.4, -0.2) is 12.7 Å². The predicted octanol–water partition coefficient (Wildman–Crippen LogP) is 2.94. The van der Waals surface area contributed by atoms with E-state index in [1.807, 2.05) is 13.0 Å². The highest BCUT2D eigenvalue weighted by atomic mass is 16.5. The Kier molecular flexibility index (Phi) is 4.02. The summed E-state index contributed by atoms with van der Waals surface area (Å²) in [4.78, 5) is 0. The monoisotopic (exact) mass is 223 g/mol. The van der Waals surface area contributed by atoms with Crippen LogP contribution in [0, 0.1) is 6.92 Å². The van der Waals surface area contributed by atoms with Gasteiger partial charge in [-0.25, -0.2) is 0 Å². The molecule has 0 spiro atoms. The highest BCUT2D eigenvalue weighted by Crippen LogP contribution is 2.23. The third-order valence-electron chi connectivity index (χ3n) is 3.30. The summed E-state index contributed by atoms with van der Waals surface area (Å²) in [7, 11) is 0. The van der Waals surface area contributed by atoms with Crippen LogP contribution in [0.15, 0.2) is 16.7 Å². The summed E-state index contributed by atoms with van der Waals surface area (Å²) < 4.78 is 11.0. The first-order valence-electron chi connectivity index (χ1n) is 6.18. The molecule has 1 aliphatic heterocycles. The van der Waals surface area contributed by atoms with Crippen molar-refractivity contribution in [2.45, 2.75) is 51.2 Å². The third-order valence-corrected chi connectivity index (χ3v) is 3.30. The van der Waals surface area contributed by atoms with Crippen LogP contribution in [0.5, 0.6) is 0 Å². The average molecular weight is 223 g/mol. The summed E-state index contributed by atoms with van der Waals surface area (Å²) in [6.45, 7) is 2.98. The summed E-state index contributed by atoms with van der Waals surface area (Å²) in [5, 5.41) is 0. The molecule has 0 bridgehead atoms. The number of furan rings is 1. The lowest BCUT2D eigenvalue weighted by Crippen LogP contribution is -2.12. The van der Waals surface area contributed by atoms with Crippen molar-refractivity contribution in [2.75, 3.05) is 6.61 Å². The molecule has 0 aliphatic carbocycles. The molecule has 1 saturated heterocycles. The van der Waals surface area contributed by atoms with E-state index in [0.29, 0.717) is 6.10 Å². The quantitative estimate of drug-likeness (QED) is 0.835. The van der Waals surface area contributed by atoms with Gasteiger partial charge in [-0.1, -0.05) is 0 Å². The fourth-order valence-corrected chi connectivity index (χ4v) is 2.33. The maximum absolute atomic E-state index is 6.09. The second-order valence-corrected chi connectivity index (χ2v) is 4.64. The van der Waals surface area contributed by atoms with E-state index in [0.717, 1.165) is 37.2 Å². The maximum atomic E-state index is 6.09. The molecule has 1 aromatic rings. The first-order chi connectivity index (χ1) is 7.77. The van der Waals surface area contributed by atoms with Crippen LogP contribution in [-0.2, 0) is 4.74 Å². The van der Waals surface area contributed by atoms with E-state index in [-0.39, 0.29) is 6.04 Å². The Bertz CT molecular complexity index is 315. The molecule has 3 nitrogen and oxygen atoms in total. The Morgan fingerprint density at radius 2 is 2.44 bits per heavy atom. The summed E-state index contributed by atoms with van der Waals surface area (Å²) in [6, 6.07) is 2.01. The molecule has 2 heterocycles. The smallest absolute Gasteiger partial charge is 0.123 e. The first-order valence-corrected chi connectivity index (χ1v) is 6.18. The van der Waals surface area contributed by atoms with Gasteiger partial charge in [0.15, 0.2) is 0 Å². The largest absolute Gasteiger partial charge is 0.467 e. The average Bonchev–Trinajstić information content (AvgIpc) is 2.88. The Morgan fingerprint density at radius 1 is 1.56 bits per heavy atom. The molecule has 1 aliphatic rings. The molecule has 3 heteroatoms. The van der Waals surface area contributed by atoms with Crippen molar-refractivity contribution in [1.82, 2.24) is 0 Å². The Morgan fingerprint density at radius 3 is 3.06 bits per heavy atom. The van der Waals surface area contributed by atoms with Gasteiger partial charge in [0.2, 0.25) is 0 Å². The second-order valence-electron chi connectivity index (χ2n) is 4.64. The number of aryl methyl sites for hydroxylation is 1. The summed E-state index contributed by atoms with van der Waals surface area (Å²) >= 11 is 0. The van der Waals surface area contributed by atoms with Crippen molar-refractivity contribution in [1.29, 1.82) is 0 Å². The van der Waals surface area contributed by atoms with E-state index in [9.17, 15) is 0 Å². The predicted molar refractivity (Wildman–Crippen MR) is 63.2 cm³/mol. The molecular formula is C13H21NO2. The summed E-state index contributed by atoms with van der Waals surface area (Å²) in [6.07, 6.45) is 7.85. The molecule has 2 N–H and O–H groups in total. The molecule has 1 aromatic heterocycles. The Labute approximate surface area is 97.0 Å². The zero-order valence-corrected chi connectivity index (χ0v) is 9.95. The van der Waals surface area contributed by atoms with Gasteiger partial charge in [0.25, 0.3) is 0 Å². The topological polar surface area (TPSA) is 48.4 Å². The maximum Gasteiger partial charge on any atom is 0.123 e. The molecule has 0 amide bonds. The van der Waals surface area contributed by atoms with Crippen molar-refractivity contribution in [2.24, 2.45) is 5.73 Å². The van der Waals surface area contributed by atoms with Gasteiger partial charge >= 0.3 is 0 Å². The molecule has 0 radical (unpaired) electrons. The van der Waals surface area contributed by atoms with Gasteiger partial charge in [-0.05, 0) is 50.7 Å². The minimum atomic E-state index is 0.0383. The van der Waals surface area contributed by atoms with Crippen LogP contribution in [0.3, 0.4) is 0 Å². The van der Waals surface area contributed by atoms with Crippen molar-refractivity contribution in [3.8, 4) is 0 Å². The standard InChI is InChI=1S/C13H21NO2/c1-10-7-9-16-13(10)12(14)6-2-4-11-5-3-8-15-11/h7,9,11-12H,2-6,8,14H2,1H3. The zero-order chi connectivity index (χ0) is 11.4. The fourth-order valence-electron chi connectivity index (χ4n) is 2.33. The van der Waals surface area contributed by atoms with Crippen LogP contribution in [0.2, 0.25) is 0 Å². The van der Waals surface area contributed by atoms with Crippen molar-refractivity contribution in [3.05, 3.63) is 23.7 Å². The van der Waals surface area contributed by atoms with Crippen LogP contribution in [0.4, 0.5) is 0 Å². The Hall–Kier alpha value is -0.800. The molecular weight excluding hydrogens is 202 g/mol. The lowest BCUT2D eigenvalue weighted by atomic mass is 10.0.